The molecule has 1 atom stereocenters. The Balaban J connectivity index is 1.74. The van der Waals surface area contributed by atoms with Gasteiger partial charge in [0.25, 0.3) is 0 Å². The van der Waals surface area contributed by atoms with Crippen molar-refractivity contribution < 1.29 is 9.90 Å². The minimum Gasteiger partial charge on any atom is -0.393 e. The molecular formula is C12H22N2O2. The molecule has 1 aliphatic carbocycles. The van der Waals surface area contributed by atoms with Crippen LogP contribution >= 0.6 is 0 Å². The molecule has 1 unspecified atom stereocenters. The Kier molecular flexibility index (Phi) is 3.82. The summed E-state index contributed by atoms with van der Waals surface area (Å²) in [5.41, 5.74) is 0. The van der Waals surface area contributed by atoms with Gasteiger partial charge in [-0.2, -0.15) is 0 Å². The third kappa shape index (κ3) is 2.74. The summed E-state index contributed by atoms with van der Waals surface area (Å²) in [6.45, 7) is 3.76. The molecule has 1 heterocycles. The highest BCUT2D eigenvalue weighted by atomic mass is 16.3. The highest BCUT2D eigenvalue weighted by Crippen LogP contribution is 2.20. The fourth-order valence-corrected chi connectivity index (χ4v) is 2.54. The minimum atomic E-state index is -0.158. The fraction of sp³-hybridized carbons (Fsp3) is 0.917. The maximum atomic E-state index is 12.1. The van der Waals surface area contributed by atoms with Crippen LogP contribution in [0.3, 0.4) is 0 Å². The van der Waals surface area contributed by atoms with Gasteiger partial charge in [-0.3, -0.25) is 4.79 Å². The molecule has 0 spiro atoms. The summed E-state index contributed by atoms with van der Waals surface area (Å²) in [6, 6.07) is 0.231. The van der Waals surface area contributed by atoms with Crippen molar-refractivity contribution in [2.75, 3.05) is 13.1 Å². The molecule has 0 aromatic heterocycles. The number of hydrogen-bond acceptors (Lipinski definition) is 3. The van der Waals surface area contributed by atoms with Crippen LogP contribution in [0.4, 0.5) is 0 Å². The summed E-state index contributed by atoms with van der Waals surface area (Å²) < 4.78 is 0. The normalized spacial score (nSPS) is 32.0. The van der Waals surface area contributed by atoms with Gasteiger partial charge in [-0.1, -0.05) is 0 Å². The zero-order chi connectivity index (χ0) is 11.5. The van der Waals surface area contributed by atoms with Crippen LogP contribution in [0.25, 0.3) is 0 Å². The second-order valence-electron chi connectivity index (χ2n) is 5.10. The molecule has 0 aromatic rings. The second kappa shape index (κ2) is 5.15. The lowest BCUT2D eigenvalue weighted by atomic mass is 9.89. The number of nitrogens with zero attached hydrogens (tertiary/aromatic N) is 1. The maximum absolute atomic E-state index is 12.1. The number of aliphatic hydroxyl groups excluding tert-OH is 1. The monoisotopic (exact) mass is 226 g/mol. The van der Waals surface area contributed by atoms with Gasteiger partial charge in [-0.25, -0.2) is 0 Å². The van der Waals surface area contributed by atoms with E-state index in [0.717, 1.165) is 38.8 Å². The number of carbonyl (C=O) groups is 1. The van der Waals surface area contributed by atoms with Crippen molar-refractivity contribution in [1.82, 2.24) is 10.2 Å². The van der Waals surface area contributed by atoms with Crippen LogP contribution in [0.15, 0.2) is 0 Å². The van der Waals surface area contributed by atoms with Crippen molar-refractivity contribution in [1.29, 1.82) is 0 Å². The van der Waals surface area contributed by atoms with Gasteiger partial charge in [-0.15, -0.1) is 0 Å². The van der Waals surface area contributed by atoms with Crippen LogP contribution in [0.5, 0.6) is 0 Å². The van der Waals surface area contributed by atoms with Gasteiger partial charge in [0.1, 0.15) is 0 Å². The van der Waals surface area contributed by atoms with E-state index in [2.05, 4.69) is 5.32 Å². The highest BCUT2D eigenvalue weighted by Gasteiger charge is 2.31. The molecule has 4 nitrogen and oxygen atoms in total. The molecule has 2 fully saturated rings. The lowest BCUT2D eigenvalue weighted by molar-refractivity contribution is -0.134. The molecule has 0 aromatic carbocycles. The van der Waals surface area contributed by atoms with Crippen molar-refractivity contribution in [3.63, 3.8) is 0 Å². The molecule has 2 aliphatic rings. The largest absolute Gasteiger partial charge is 0.393 e. The Labute approximate surface area is 97.0 Å². The van der Waals surface area contributed by atoms with E-state index < -0.39 is 0 Å². The lowest BCUT2D eigenvalue weighted by Crippen LogP contribution is -2.54. The topological polar surface area (TPSA) is 52.6 Å². The third-order valence-corrected chi connectivity index (χ3v) is 3.64. The van der Waals surface area contributed by atoms with Gasteiger partial charge in [0, 0.05) is 19.1 Å². The molecule has 0 bridgehead atoms. The average Bonchev–Trinajstić information content (AvgIpc) is 2.27. The number of aliphatic hydroxyl groups is 1. The van der Waals surface area contributed by atoms with Crippen molar-refractivity contribution in [3.05, 3.63) is 0 Å². The van der Waals surface area contributed by atoms with E-state index in [9.17, 15) is 9.90 Å². The Bertz CT molecular complexity index is 245. The standard InChI is InChI=1S/C12H22N2O2/c1-9(13-10-7-11(15)8-10)12(16)14-5-3-2-4-6-14/h9-11,13,15H,2-8H2,1H3. The SMILES string of the molecule is CC(NC1CC(O)C1)C(=O)N1CCCCC1. The highest BCUT2D eigenvalue weighted by molar-refractivity contribution is 5.81. The molecule has 0 radical (unpaired) electrons. The fourth-order valence-electron chi connectivity index (χ4n) is 2.54. The molecule has 1 saturated heterocycles. The predicted molar refractivity (Wildman–Crippen MR) is 62.1 cm³/mol. The number of carbonyl (C=O) groups excluding carboxylic acids is 1. The summed E-state index contributed by atoms with van der Waals surface area (Å²) in [6.07, 6.45) is 4.95. The molecule has 4 heteroatoms. The van der Waals surface area contributed by atoms with E-state index in [-0.39, 0.29) is 18.1 Å². The molecule has 1 saturated carbocycles. The van der Waals surface area contributed by atoms with Gasteiger partial charge in [0.15, 0.2) is 0 Å². The minimum absolute atomic E-state index is 0.101. The first-order valence-electron chi connectivity index (χ1n) is 6.39. The molecule has 1 amide bonds. The van der Waals surface area contributed by atoms with Crippen LogP contribution in [-0.4, -0.2) is 47.2 Å². The number of amides is 1. The van der Waals surface area contributed by atoms with Gasteiger partial charge in [-0.05, 0) is 39.0 Å². The van der Waals surface area contributed by atoms with E-state index in [4.69, 9.17) is 0 Å². The van der Waals surface area contributed by atoms with E-state index in [1.165, 1.54) is 6.42 Å². The Morgan fingerprint density at radius 2 is 1.94 bits per heavy atom. The van der Waals surface area contributed by atoms with Gasteiger partial charge >= 0.3 is 0 Å². The summed E-state index contributed by atoms with van der Waals surface area (Å²) >= 11 is 0. The first kappa shape index (κ1) is 11.9. The number of likely N-dealkylation sites (tertiary alicyclic amines) is 1. The quantitative estimate of drug-likeness (QED) is 0.737. The van der Waals surface area contributed by atoms with Crippen molar-refractivity contribution in [3.8, 4) is 0 Å². The Morgan fingerprint density at radius 3 is 2.50 bits per heavy atom. The summed E-state index contributed by atoms with van der Waals surface area (Å²) in [5.74, 6) is 0.223. The first-order chi connectivity index (χ1) is 7.66. The number of rotatable bonds is 3. The average molecular weight is 226 g/mol. The molecule has 1 aliphatic heterocycles. The van der Waals surface area contributed by atoms with E-state index in [0.29, 0.717) is 6.04 Å². The predicted octanol–water partition coefficient (Wildman–Crippen LogP) is 0.500. The molecule has 92 valence electrons. The van der Waals surface area contributed by atoms with Gasteiger partial charge < -0.3 is 15.3 Å². The lowest BCUT2D eigenvalue weighted by Gasteiger charge is -2.36. The van der Waals surface area contributed by atoms with Gasteiger partial charge in [0.05, 0.1) is 12.1 Å². The second-order valence-corrected chi connectivity index (χ2v) is 5.10. The molecular weight excluding hydrogens is 204 g/mol. The Morgan fingerprint density at radius 1 is 1.31 bits per heavy atom. The van der Waals surface area contributed by atoms with Crippen LogP contribution in [0, 0.1) is 0 Å². The van der Waals surface area contributed by atoms with Crippen molar-refractivity contribution in [2.45, 2.75) is 57.2 Å². The molecule has 16 heavy (non-hydrogen) atoms. The van der Waals surface area contributed by atoms with Crippen LogP contribution in [0.2, 0.25) is 0 Å². The molecule has 2 rings (SSSR count). The van der Waals surface area contributed by atoms with Crippen LogP contribution < -0.4 is 5.32 Å². The van der Waals surface area contributed by atoms with E-state index >= 15 is 0 Å². The van der Waals surface area contributed by atoms with Gasteiger partial charge in [0.2, 0.25) is 5.91 Å². The van der Waals surface area contributed by atoms with Crippen LogP contribution in [-0.2, 0) is 4.79 Å². The van der Waals surface area contributed by atoms with E-state index in [1.807, 2.05) is 11.8 Å². The van der Waals surface area contributed by atoms with Crippen molar-refractivity contribution in [2.24, 2.45) is 0 Å². The Hall–Kier alpha value is -0.610. The zero-order valence-electron chi connectivity index (χ0n) is 9.98. The third-order valence-electron chi connectivity index (χ3n) is 3.64. The maximum Gasteiger partial charge on any atom is 0.239 e. The number of hydrogen-bond donors (Lipinski definition) is 2. The smallest absolute Gasteiger partial charge is 0.239 e. The summed E-state index contributed by atoms with van der Waals surface area (Å²) in [5, 5.41) is 12.5. The van der Waals surface area contributed by atoms with E-state index in [1.54, 1.807) is 0 Å². The summed E-state index contributed by atoms with van der Waals surface area (Å²) in [7, 11) is 0. The molecule has 2 N–H and O–H groups in total. The number of nitrogens with one attached hydrogen (secondary N) is 1. The summed E-state index contributed by atoms with van der Waals surface area (Å²) in [4.78, 5) is 14.0. The van der Waals surface area contributed by atoms with Crippen molar-refractivity contribution >= 4 is 5.91 Å². The first-order valence-corrected chi connectivity index (χ1v) is 6.39. The number of piperidine rings is 1. The van der Waals surface area contributed by atoms with Crippen LogP contribution in [0.1, 0.15) is 39.0 Å². The zero-order valence-corrected chi connectivity index (χ0v) is 9.98.